The van der Waals surface area contributed by atoms with Crippen molar-refractivity contribution in [2.45, 2.75) is 6.42 Å². The van der Waals surface area contributed by atoms with Gasteiger partial charge in [0.25, 0.3) is 0 Å². The summed E-state index contributed by atoms with van der Waals surface area (Å²) in [7, 11) is 0. The first-order valence-electron chi connectivity index (χ1n) is 6.12. The third-order valence-electron chi connectivity index (χ3n) is 2.71. The normalized spacial score (nSPS) is 10.2. The zero-order valence-electron chi connectivity index (χ0n) is 10.7. The fourth-order valence-electron chi connectivity index (χ4n) is 1.72. The zero-order chi connectivity index (χ0) is 14.4. The topological polar surface area (TPSA) is 101 Å². The number of nitrogens with zero attached hydrogens (tertiary/aromatic N) is 3. The number of pyridine rings is 2. The van der Waals surface area contributed by atoms with E-state index in [1.165, 1.54) is 6.07 Å². The van der Waals surface area contributed by atoms with Crippen LogP contribution in [0.25, 0.3) is 11.1 Å². The number of aliphatic hydroxyl groups excluding tert-OH is 1. The Morgan fingerprint density at radius 3 is 2.70 bits per heavy atom. The Labute approximate surface area is 115 Å². The van der Waals surface area contributed by atoms with Gasteiger partial charge in [0.05, 0.1) is 4.92 Å². The van der Waals surface area contributed by atoms with Crippen molar-refractivity contribution in [1.29, 1.82) is 0 Å². The molecule has 0 saturated carbocycles. The van der Waals surface area contributed by atoms with Crippen LogP contribution < -0.4 is 5.32 Å². The average Bonchev–Trinajstić information content (AvgIpc) is 2.48. The summed E-state index contributed by atoms with van der Waals surface area (Å²) in [5, 5.41) is 22.7. The Bertz CT molecular complexity index is 589. The van der Waals surface area contributed by atoms with E-state index in [0.717, 1.165) is 5.56 Å². The fourth-order valence-corrected chi connectivity index (χ4v) is 1.72. The van der Waals surface area contributed by atoms with Crippen LogP contribution in [0, 0.1) is 10.1 Å². The van der Waals surface area contributed by atoms with Crippen LogP contribution in [0.4, 0.5) is 11.5 Å². The highest BCUT2D eigenvalue weighted by atomic mass is 16.6. The van der Waals surface area contributed by atoms with Gasteiger partial charge in [-0.1, -0.05) is 0 Å². The molecule has 2 N–H and O–H groups in total. The van der Waals surface area contributed by atoms with E-state index in [2.05, 4.69) is 15.3 Å². The predicted molar refractivity (Wildman–Crippen MR) is 74.3 cm³/mol. The maximum Gasteiger partial charge on any atom is 0.311 e. The lowest BCUT2D eigenvalue weighted by atomic mass is 10.1. The van der Waals surface area contributed by atoms with E-state index in [9.17, 15) is 10.1 Å². The second-order valence-corrected chi connectivity index (χ2v) is 4.09. The molecule has 7 heteroatoms. The number of rotatable bonds is 6. The van der Waals surface area contributed by atoms with Crippen LogP contribution in [-0.2, 0) is 0 Å². The standard InChI is InChI=1S/C13H14N4O3/c18-7-1-4-15-13-12(17(19)20)8-11(9-16-13)10-2-5-14-6-3-10/h2-3,5-6,8-9,18H,1,4,7H2,(H,15,16). The van der Waals surface area contributed by atoms with Crippen molar-refractivity contribution in [3.8, 4) is 11.1 Å². The second kappa shape index (κ2) is 6.58. The van der Waals surface area contributed by atoms with Gasteiger partial charge < -0.3 is 10.4 Å². The van der Waals surface area contributed by atoms with Gasteiger partial charge in [-0.25, -0.2) is 4.98 Å². The van der Waals surface area contributed by atoms with E-state index in [0.29, 0.717) is 18.5 Å². The number of nitro groups is 1. The van der Waals surface area contributed by atoms with Crippen molar-refractivity contribution < 1.29 is 10.0 Å². The number of aromatic nitrogens is 2. The van der Waals surface area contributed by atoms with Gasteiger partial charge in [0.2, 0.25) is 5.82 Å². The zero-order valence-corrected chi connectivity index (χ0v) is 10.7. The molecular weight excluding hydrogens is 260 g/mol. The maximum atomic E-state index is 11.1. The van der Waals surface area contributed by atoms with Crippen LogP contribution in [0.5, 0.6) is 0 Å². The minimum atomic E-state index is -0.473. The van der Waals surface area contributed by atoms with Gasteiger partial charge in [-0.15, -0.1) is 0 Å². The third kappa shape index (κ3) is 3.27. The molecule has 0 aliphatic carbocycles. The van der Waals surface area contributed by atoms with Crippen LogP contribution in [0.1, 0.15) is 6.42 Å². The maximum absolute atomic E-state index is 11.1. The highest BCUT2D eigenvalue weighted by Gasteiger charge is 2.16. The number of nitrogens with one attached hydrogen (secondary N) is 1. The van der Waals surface area contributed by atoms with E-state index in [4.69, 9.17) is 5.11 Å². The van der Waals surface area contributed by atoms with Gasteiger partial charge in [0, 0.05) is 43.4 Å². The van der Waals surface area contributed by atoms with Crippen molar-refractivity contribution in [3.63, 3.8) is 0 Å². The summed E-state index contributed by atoms with van der Waals surface area (Å²) < 4.78 is 0. The molecule has 2 rings (SSSR count). The lowest BCUT2D eigenvalue weighted by Gasteiger charge is -2.07. The molecule has 7 nitrogen and oxygen atoms in total. The molecule has 0 fully saturated rings. The van der Waals surface area contributed by atoms with Gasteiger partial charge in [0.1, 0.15) is 0 Å². The predicted octanol–water partition coefficient (Wildman–Crippen LogP) is 1.85. The van der Waals surface area contributed by atoms with Gasteiger partial charge in [-0.2, -0.15) is 0 Å². The third-order valence-corrected chi connectivity index (χ3v) is 2.71. The SMILES string of the molecule is O=[N+]([O-])c1cc(-c2ccncc2)cnc1NCCCO. The summed E-state index contributed by atoms with van der Waals surface area (Å²) in [5.41, 5.74) is 1.39. The summed E-state index contributed by atoms with van der Waals surface area (Å²) in [6, 6.07) is 5.00. The summed E-state index contributed by atoms with van der Waals surface area (Å²) in [6.45, 7) is 0.453. The highest BCUT2D eigenvalue weighted by molar-refractivity contribution is 5.69. The minimum absolute atomic E-state index is 0.0237. The molecule has 0 aromatic carbocycles. The molecule has 0 bridgehead atoms. The number of anilines is 1. The number of hydrogen-bond acceptors (Lipinski definition) is 6. The van der Waals surface area contributed by atoms with Crippen LogP contribution in [0.15, 0.2) is 36.8 Å². The molecule has 0 spiro atoms. The van der Waals surface area contributed by atoms with Crippen molar-refractivity contribution in [2.75, 3.05) is 18.5 Å². The van der Waals surface area contributed by atoms with Crippen LogP contribution in [0.2, 0.25) is 0 Å². The first kappa shape index (κ1) is 13.9. The lowest BCUT2D eigenvalue weighted by molar-refractivity contribution is -0.384. The van der Waals surface area contributed by atoms with Crippen molar-refractivity contribution in [2.24, 2.45) is 0 Å². The molecule has 0 saturated heterocycles. The minimum Gasteiger partial charge on any atom is -0.396 e. The Hall–Kier alpha value is -2.54. The van der Waals surface area contributed by atoms with Crippen LogP contribution >= 0.6 is 0 Å². The Balaban J connectivity index is 2.30. The molecular formula is C13H14N4O3. The van der Waals surface area contributed by atoms with E-state index < -0.39 is 4.92 Å². The van der Waals surface area contributed by atoms with Crippen LogP contribution in [0.3, 0.4) is 0 Å². The Kier molecular flexibility index (Phi) is 4.56. The van der Waals surface area contributed by atoms with E-state index in [1.807, 2.05) is 0 Å². The van der Waals surface area contributed by atoms with Crippen molar-refractivity contribution in [3.05, 3.63) is 46.9 Å². The van der Waals surface area contributed by atoms with E-state index in [1.54, 1.807) is 30.7 Å². The molecule has 104 valence electrons. The smallest absolute Gasteiger partial charge is 0.311 e. The summed E-state index contributed by atoms with van der Waals surface area (Å²) in [4.78, 5) is 18.6. The summed E-state index contributed by atoms with van der Waals surface area (Å²) in [6.07, 6.45) is 5.32. The number of aliphatic hydroxyl groups is 1. The first-order valence-corrected chi connectivity index (χ1v) is 6.12. The van der Waals surface area contributed by atoms with Gasteiger partial charge >= 0.3 is 5.69 Å². The Morgan fingerprint density at radius 1 is 1.30 bits per heavy atom. The largest absolute Gasteiger partial charge is 0.396 e. The molecule has 0 aliphatic rings. The van der Waals surface area contributed by atoms with Crippen molar-refractivity contribution in [1.82, 2.24) is 9.97 Å². The molecule has 0 unspecified atom stereocenters. The molecule has 2 aromatic heterocycles. The van der Waals surface area contributed by atoms with E-state index >= 15 is 0 Å². The second-order valence-electron chi connectivity index (χ2n) is 4.09. The number of hydrogen-bond donors (Lipinski definition) is 2. The molecule has 0 amide bonds. The first-order chi connectivity index (χ1) is 9.72. The summed E-state index contributed by atoms with van der Waals surface area (Å²) >= 11 is 0. The van der Waals surface area contributed by atoms with Gasteiger partial charge in [-0.3, -0.25) is 15.1 Å². The van der Waals surface area contributed by atoms with Crippen LogP contribution in [-0.4, -0.2) is 33.1 Å². The molecule has 20 heavy (non-hydrogen) atoms. The fraction of sp³-hybridized carbons (Fsp3) is 0.231. The molecule has 2 aromatic rings. The van der Waals surface area contributed by atoms with E-state index in [-0.39, 0.29) is 18.1 Å². The Morgan fingerprint density at radius 2 is 2.05 bits per heavy atom. The highest BCUT2D eigenvalue weighted by Crippen LogP contribution is 2.28. The molecule has 0 radical (unpaired) electrons. The quantitative estimate of drug-likeness (QED) is 0.473. The van der Waals surface area contributed by atoms with Gasteiger partial charge in [0.15, 0.2) is 0 Å². The monoisotopic (exact) mass is 274 g/mol. The van der Waals surface area contributed by atoms with Gasteiger partial charge in [-0.05, 0) is 24.1 Å². The molecule has 0 atom stereocenters. The summed E-state index contributed by atoms with van der Waals surface area (Å²) in [5.74, 6) is 0.209. The molecule has 0 aliphatic heterocycles. The average molecular weight is 274 g/mol. The molecule has 2 heterocycles. The van der Waals surface area contributed by atoms with Crippen molar-refractivity contribution >= 4 is 11.5 Å². The lowest BCUT2D eigenvalue weighted by Crippen LogP contribution is -2.07.